The van der Waals surface area contributed by atoms with Gasteiger partial charge in [-0.25, -0.2) is 0 Å². The number of aromatic nitrogens is 1. The molecule has 0 saturated heterocycles. The number of rotatable bonds is 5. The average Bonchev–Trinajstić information content (AvgIpc) is 2.75. The van der Waals surface area contributed by atoms with Crippen molar-refractivity contribution in [1.29, 1.82) is 0 Å². The lowest BCUT2D eigenvalue weighted by molar-refractivity contribution is 0.373. The second-order valence-corrected chi connectivity index (χ2v) is 4.04. The third kappa shape index (κ3) is 3.01. The van der Waals surface area contributed by atoms with Crippen molar-refractivity contribution in [3.05, 3.63) is 41.3 Å². The van der Waals surface area contributed by atoms with E-state index < -0.39 is 0 Å². The third-order valence-corrected chi connectivity index (χ3v) is 2.56. The number of hydrogen-bond acceptors (Lipinski definition) is 5. The number of phenols is 1. The Hall–Kier alpha value is -2.01. The summed E-state index contributed by atoms with van der Waals surface area (Å²) in [4.78, 5) is 0. The van der Waals surface area contributed by atoms with E-state index in [1.165, 1.54) is 7.11 Å². The van der Waals surface area contributed by atoms with E-state index in [9.17, 15) is 5.11 Å². The van der Waals surface area contributed by atoms with Crippen LogP contribution in [0.3, 0.4) is 0 Å². The van der Waals surface area contributed by atoms with Crippen molar-refractivity contribution >= 4 is 0 Å². The molecule has 0 saturated carbocycles. The topological polar surface area (TPSA) is 67.5 Å². The Bertz CT molecular complexity index is 523. The summed E-state index contributed by atoms with van der Waals surface area (Å²) in [6.45, 7) is 3.13. The Morgan fingerprint density at radius 3 is 2.78 bits per heavy atom. The largest absolute Gasteiger partial charge is 0.504 e. The van der Waals surface area contributed by atoms with Gasteiger partial charge in [0.1, 0.15) is 5.76 Å². The minimum Gasteiger partial charge on any atom is -0.504 e. The third-order valence-electron chi connectivity index (χ3n) is 2.56. The van der Waals surface area contributed by atoms with Gasteiger partial charge in [0.25, 0.3) is 0 Å². The van der Waals surface area contributed by atoms with Gasteiger partial charge >= 0.3 is 0 Å². The van der Waals surface area contributed by atoms with Crippen molar-refractivity contribution in [3.63, 3.8) is 0 Å². The van der Waals surface area contributed by atoms with Crippen molar-refractivity contribution in [1.82, 2.24) is 10.5 Å². The number of aromatic hydroxyl groups is 1. The predicted octanol–water partition coefficient (Wildman–Crippen LogP) is 1.99. The van der Waals surface area contributed by atoms with Crippen LogP contribution in [0.1, 0.15) is 17.0 Å². The summed E-state index contributed by atoms with van der Waals surface area (Å²) >= 11 is 0. The van der Waals surface area contributed by atoms with E-state index in [1.54, 1.807) is 12.1 Å². The van der Waals surface area contributed by atoms with Gasteiger partial charge in [0.2, 0.25) is 0 Å². The molecule has 0 radical (unpaired) electrons. The first-order valence-corrected chi connectivity index (χ1v) is 5.68. The highest BCUT2D eigenvalue weighted by molar-refractivity contribution is 5.41. The zero-order valence-corrected chi connectivity index (χ0v) is 10.4. The molecule has 5 nitrogen and oxygen atoms in total. The van der Waals surface area contributed by atoms with Gasteiger partial charge in [0, 0.05) is 19.2 Å². The molecule has 0 atom stereocenters. The van der Waals surface area contributed by atoms with Crippen molar-refractivity contribution in [2.45, 2.75) is 20.0 Å². The standard InChI is InChI=1S/C13H16N2O3/c1-9-5-11(15-18-9)8-14-7-10-3-4-13(17-2)12(16)6-10/h3-6,14,16H,7-8H2,1-2H3. The maximum atomic E-state index is 9.63. The van der Waals surface area contributed by atoms with Gasteiger partial charge in [-0.15, -0.1) is 0 Å². The average molecular weight is 248 g/mol. The molecule has 0 aliphatic rings. The Labute approximate surface area is 105 Å². The van der Waals surface area contributed by atoms with Crippen molar-refractivity contribution in [3.8, 4) is 11.5 Å². The fraction of sp³-hybridized carbons (Fsp3) is 0.308. The van der Waals surface area contributed by atoms with Crippen LogP contribution in [0.5, 0.6) is 11.5 Å². The minimum absolute atomic E-state index is 0.147. The molecule has 1 heterocycles. The Balaban J connectivity index is 1.88. The van der Waals surface area contributed by atoms with Crippen LogP contribution in [0.2, 0.25) is 0 Å². The smallest absolute Gasteiger partial charge is 0.160 e. The second kappa shape index (κ2) is 5.55. The summed E-state index contributed by atoms with van der Waals surface area (Å²) in [6, 6.07) is 7.21. The molecule has 0 amide bonds. The van der Waals surface area contributed by atoms with E-state index in [1.807, 2.05) is 19.1 Å². The molecular formula is C13H16N2O3. The summed E-state index contributed by atoms with van der Waals surface area (Å²) in [6.07, 6.45) is 0. The van der Waals surface area contributed by atoms with Crippen LogP contribution in [-0.2, 0) is 13.1 Å². The molecule has 2 aromatic rings. The first-order chi connectivity index (χ1) is 8.69. The number of ether oxygens (including phenoxy) is 1. The number of nitrogens with zero attached hydrogens (tertiary/aromatic N) is 1. The van der Waals surface area contributed by atoms with Crippen LogP contribution >= 0.6 is 0 Å². The fourth-order valence-corrected chi connectivity index (χ4v) is 1.68. The van der Waals surface area contributed by atoms with Gasteiger partial charge in [-0.05, 0) is 24.6 Å². The fourth-order valence-electron chi connectivity index (χ4n) is 1.68. The first kappa shape index (κ1) is 12.4. The zero-order valence-electron chi connectivity index (χ0n) is 10.4. The number of benzene rings is 1. The van der Waals surface area contributed by atoms with E-state index in [0.717, 1.165) is 17.0 Å². The highest BCUT2D eigenvalue weighted by Crippen LogP contribution is 2.26. The molecular weight excluding hydrogens is 232 g/mol. The van der Waals surface area contributed by atoms with Crippen molar-refractivity contribution in [2.24, 2.45) is 0 Å². The van der Waals surface area contributed by atoms with E-state index >= 15 is 0 Å². The summed E-state index contributed by atoms with van der Waals surface area (Å²) in [5, 5.41) is 16.7. The minimum atomic E-state index is 0.147. The summed E-state index contributed by atoms with van der Waals surface area (Å²) in [7, 11) is 1.53. The predicted molar refractivity (Wildman–Crippen MR) is 66.4 cm³/mol. The summed E-state index contributed by atoms with van der Waals surface area (Å²) in [5.74, 6) is 1.42. The van der Waals surface area contributed by atoms with Crippen LogP contribution in [0.4, 0.5) is 0 Å². The summed E-state index contributed by atoms with van der Waals surface area (Å²) in [5.41, 5.74) is 1.85. The highest BCUT2D eigenvalue weighted by Gasteiger charge is 2.03. The van der Waals surface area contributed by atoms with E-state index in [-0.39, 0.29) is 5.75 Å². The molecule has 96 valence electrons. The summed E-state index contributed by atoms with van der Waals surface area (Å²) < 4.78 is 9.95. The first-order valence-electron chi connectivity index (χ1n) is 5.68. The molecule has 1 aromatic carbocycles. The number of aryl methyl sites for hydroxylation is 1. The molecule has 0 fully saturated rings. The number of phenolic OH excluding ortho intramolecular Hbond substituents is 1. The molecule has 18 heavy (non-hydrogen) atoms. The molecule has 0 spiro atoms. The Kier molecular flexibility index (Phi) is 3.84. The van der Waals surface area contributed by atoms with Gasteiger partial charge in [-0.3, -0.25) is 0 Å². The lowest BCUT2D eigenvalue weighted by atomic mass is 10.2. The zero-order chi connectivity index (χ0) is 13.0. The molecule has 0 aliphatic carbocycles. The van der Waals surface area contributed by atoms with E-state index in [2.05, 4.69) is 10.5 Å². The molecule has 2 rings (SSSR count). The molecule has 0 aliphatic heterocycles. The Morgan fingerprint density at radius 1 is 1.33 bits per heavy atom. The Morgan fingerprint density at radius 2 is 2.17 bits per heavy atom. The van der Waals surface area contributed by atoms with Gasteiger partial charge in [-0.2, -0.15) is 0 Å². The lowest BCUT2D eigenvalue weighted by Gasteiger charge is -2.06. The van der Waals surface area contributed by atoms with Gasteiger partial charge in [0.05, 0.1) is 12.8 Å². The van der Waals surface area contributed by atoms with Gasteiger partial charge in [-0.1, -0.05) is 11.2 Å². The van der Waals surface area contributed by atoms with E-state index in [0.29, 0.717) is 18.8 Å². The van der Waals surface area contributed by atoms with E-state index in [4.69, 9.17) is 9.26 Å². The van der Waals surface area contributed by atoms with Crippen molar-refractivity contribution < 1.29 is 14.4 Å². The maximum absolute atomic E-state index is 9.63. The molecule has 5 heteroatoms. The number of methoxy groups -OCH3 is 1. The quantitative estimate of drug-likeness (QED) is 0.847. The normalized spacial score (nSPS) is 10.6. The highest BCUT2D eigenvalue weighted by atomic mass is 16.5. The van der Waals surface area contributed by atoms with Crippen LogP contribution in [0.15, 0.2) is 28.8 Å². The van der Waals surface area contributed by atoms with Crippen molar-refractivity contribution in [2.75, 3.05) is 7.11 Å². The maximum Gasteiger partial charge on any atom is 0.160 e. The SMILES string of the molecule is COc1ccc(CNCc2cc(C)on2)cc1O. The molecule has 1 aromatic heterocycles. The van der Waals surface area contributed by atoms with Crippen LogP contribution < -0.4 is 10.1 Å². The number of hydrogen-bond donors (Lipinski definition) is 2. The van der Waals surface area contributed by atoms with Gasteiger partial charge in [0.15, 0.2) is 11.5 Å². The second-order valence-electron chi connectivity index (χ2n) is 4.04. The lowest BCUT2D eigenvalue weighted by Crippen LogP contribution is -2.12. The molecule has 0 bridgehead atoms. The van der Waals surface area contributed by atoms with Crippen LogP contribution in [0, 0.1) is 6.92 Å². The van der Waals surface area contributed by atoms with Crippen LogP contribution in [-0.4, -0.2) is 17.4 Å². The molecule has 0 unspecified atom stereocenters. The van der Waals surface area contributed by atoms with Gasteiger partial charge < -0.3 is 19.7 Å². The number of nitrogens with one attached hydrogen (secondary N) is 1. The van der Waals surface area contributed by atoms with Crippen LogP contribution in [0.25, 0.3) is 0 Å². The monoisotopic (exact) mass is 248 g/mol. The molecule has 2 N–H and O–H groups in total.